The molecule has 2 aromatic carbocycles. The van der Waals surface area contributed by atoms with Crippen LogP contribution < -0.4 is 10.5 Å². The molecule has 4 aliphatic rings. The molecule has 0 spiro atoms. The molecule has 6 rings (SSSR count). The number of rotatable bonds is 6. The van der Waals surface area contributed by atoms with Crippen LogP contribution in [0.4, 0.5) is 0 Å². The Kier molecular flexibility index (Phi) is 8.13. The Morgan fingerprint density at radius 1 is 0.881 bits per heavy atom. The van der Waals surface area contributed by atoms with Crippen LogP contribution in [0.2, 0.25) is 0 Å². The van der Waals surface area contributed by atoms with Crippen LogP contribution in [0.15, 0.2) is 59.7 Å². The minimum absolute atomic E-state index is 0.0458. The lowest BCUT2D eigenvalue weighted by Crippen LogP contribution is -2.49. The number of amides is 3. The van der Waals surface area contributed by atoms with Crippen molar-refractivity contribution in [2.75, 3.05) is 13.7 Å². The third-order valence-electron chi connectivity index (χ3n) is 9.49. The second-order valence-corrected chi connectivity index (χ2v) is 12.0. The van der Waals surface area contributed by atoms with Crippen molar-refractivity contribution in [3.05, 3.63) is 65.7 Å². The van der Waals surface area contributed by atoms with Gasteiger partial charge in [0, 0.05) is 23.6 Å². The van der Waals surface area contributed by atoms with Crippen LogP contribution >= 0.6 is 0 Å². The van der Waals surface area contributed by atoms with Crippen molar-refractivity contribution in [1.82, 2.24) is 9.91 Å². The van der Waals surface area contributed by atoms with Gasteiger partial charge in [-0.25, -0.2) is 5.01 Å². The number of benzene rings is 2. The maximum absolute atomic E-state index is 13.7. The first-order chi connectivity index (χ1) is 20.5. The third kappa shape index (κ3) is 5.35. The summed E-state index contributed by atoms with van der Waals surface area (Å²) in [5.41, 5.74) is 9.82. The molecule has 2 fully saturated rings. The monoisotopic (exact) mass is 568 g/mol. The lowest BCUT2D eigenvalue weighted by molar-refractivity contribution is -0.140. The molecule has 2 aliphatic carbocycles. The number of carbonyl (C=O) groups is 3. The molecular weight excluding hydrogens is 528 g/mol. The van der Waals surface area contributed by atoms with E-state index in [2.05, 4.69) is 18.2 Å². The molecule has 8 heteroatoms. The van der Waals surface area contributed by atoms with Gasteiger partial charge in [-0.2, -0.15) is 5.10 Å². The van der Waals surface area contributed by atoms with E-state index < -0.39 is 11.9 Å². The smallest absolute Gasteiger partial charge is 0.254 e. The highest BCUT2D eigenvalue weighted by Gasteiger charge is 2.42. The number of likely N-dealkylation sites (tertiary alicyclic amines) is 1. The standard InChI is InChI=1S/C34H40N4O4/c1-42-30-19-18-24(21-28(30)22-14-16-23(17-15-22)33(40)37-20-8-13-29(37)32(35)39)31-26-11-6-7-12-27(26)34(41)38(36-31)25-9-4-2-3-5-10-25/h6-7,14-19,21,25-27,29H,2-5,8-13,20H2,1H3,(H2,35,39)/t26-,27+,29+/m0/s1. The molecule has 0 bridgehead atoms. The van der Waals surface area contributed by atoms with Crippen LogP contribution in [-0.4, -0.2) is 59.1 Å². The molecule has 42 heavy (non-hydrogen) atoms. The fourth-order valence-corrected chi connectivity index (χ4v) is 7.19. The fourth-order valence-electron chi connectivity index (χ4n) is 7.19. The van der Waals surface area contributed by atoms with E-state index in [-0.39, 0.29) is 29.7 Å². The van der Waals surface area contributed by atoms with Gasteiger partial charge in [0.15, 0.2) is 0 Å². The van der Waals surface area contributed by atoms with E-state index in [0.717, 1.165) is 73.1 Å². The predicted octanol–water partition coefficient (Wildman–Crippen LogP) is 5.30. The van der Waals surface area contributed by atoms with Gasteiger partial charge < -0.3 is 15.4 Å². The zero-order valence-corrected chi connectivity index (χ0v) is 24.3. The van der Waals surface area contributed by atoms with Crippen molar-refractivity contribution in [3.63, 3.8) is 0 Å². The van der Waals surface area contributed by atoms with Crippen molar-refractivity contribution >= 4 is 23.4 Å². The number of carbonyl (C=O) groups excluding carboxylic acids is 3. The van der Waals surface area contributed by atoms with Crippen molar-refractivity contribution in [1.29, 1.82) is 0 Å². The Balaban J connectivity index is 1.33. The molecule has 0 unspecified atom stereocenters. The van der Waals surface area contributed by atoms with E-state index >= 15 is 0 Å². The average Bonchev–Trinajstić information content (AvgIpc) is 3.37. The van der Waals surface area contributed by atoms with Crippen LogP contribution in [0.1, 0.15) is 80.1 Å². The molecule has 2 aliphatic heterocycles. The third-order valence-corrected chi connectivity index (χ3v) is 9.49. The normalized spacial score (nSPS) is 24.6. The molecule has 1 saturated heterocycles. The van der Waals surface area contributed by atoms with Gasteiger partial charge in [-0.15, -0.1) is 0 Å². The maximum atomic E-state index is 13.7. The van der Waals surface area contributed by atoms with Gasteiger partial charge in [-0.05, 0) is 80.0 Å². The number of nitrogens with two attached hydrogens (primary N) is 1. The lowest BCUT2D eigenvalue weighted by Gasteiger charge is -2.40. The molecule has 1 saturated carbocycles. The van der Waals surface area contributed by atoms with Gasteiger partial charge in [0.25, 0.3) is 5.91 Å². The van der Waals surface area contributed by atoms with Crippen LogP contribution in [0, 0.1) is 11.8 Å². The van der Waals surface area contributed by atoms with E-state index in [9.17, 15) is 14.4 Å². The molecule has 0 aromatic heterocycles. The first-order valence-electron chi connectivity index (χ1n) is 15.4. The van der Waals surface area contributed by atoms with Crippen molar-refractivity contribution in [3.8, 4) is 16.9 Å². The number of methoxy groups -OCH3 is 1. The molecule has 3 atom stereocenters. The largest absolute Gasteiger partial charge is 0.496 e. The molecular formula is C34H40N4O4. The summed E-state index contributed by atoms with van der Waals surface area (Å²) in [5, 5.41) is 6.95. The lowest BCUT2D eigenvalue weighted by atomic mass is 9.76. The van der Waals surface area contributed by atoms with E-state index in [1.807, 2.05) is 29.3 Å². The molecule has 0 radical (unpaired) electrons. The average molecular weight is 569 g/mol. The minimum atomic E-state index is -0.548. The van der Waals surface area contributed by atoms with Crippen LogP contribution in [0.5, 0.6) is 5.75 Å². The molecule has 220 valence electrons. The van der Waals surface area contributed by atoms with Gasteiger partial charge in [0.2, 0.25) is 11.8 Å². The van der Waals surface area contributed by atoms with Gasteiger partial charge >= 0.3 is 0 Å². The van der Waals surface area contributed by atoms with Gasteiger partial charge in [0.1, 0.15) is 11.8 Å². The highest BCUT2D eigenvalue weighted by Crippen LogP contribution is 2.39. The van der Waals surface area contributed by atoms with E-state index in [0.29, 0.717) is 18.5 Å². The molecule has 3 amide bonds. The minimum Gasteiger partial charge on any atom is -0.496 e. The quantitative estimate of drug-likeness (QED) is 0.377. The second kappa shape index (κ2) is 12.1. The number of nitrogens with zero attached hydrogens (tertiary/aromatic N) is 3. The zero-order chi connectivity index (χ0) is 29.2. The van der Waals surface area contributed by atoms with Crippen LogP contribution in [0.3, 0.4) is 0 Å². The first-order valence-corrected chi connectivity index (χ1v) is 15.4. The summed E-state index contributed by atoms with van der Waals surface area (Å²) in [4.78, 5) is 40.3. The van der Waals surface area contributed by atoms with E-state index in [1.54, 1.807) is 24.1 Å². The summed E-state index contributed by atoms with van der Waals surface area (Å²) in [6.45, 7) is 0.532. The maximum Gasteiger partial charge on any atom is 0.254 e. The van der Waals surface area contributed by atoms with E-state index in [4.69, 9.17) is 15.6 Å². The number of hydrogen-bond acceptors (Lipinski definition) is 5. The topological polar surface area (TPSA) is 105 Å². The zero-order valence-electron chi connectivity index (χ0n) is 24.3. The number of allylic oxidation sites excluding steroid dienone is 2. The Hall–Kier alpha value is -3.94. The molecule has 2 N–H and O–H groups in total. The Labute approximate surface area is 247 Å². The SMILES string of the molecule is COc1ccc(C2=NN(C3CCCCCC3)C(=O)[C@@H]3CC=CC[C@H]23)cc1-c1ccc(C(=O)N2CCC[C@@H]2C(N)=O)cc1. The first kappa shape index (κ1) is 28.2. The second-order valence-electron chi connectivity index (χ2n) is 12.0. The number of primary amides is 1. The number of fused-ring (bicyclic) bond motifs is 1. The number of hydrazone groups is 1. The molecule has 2 heterocycles. The Morgan fingerprint density at radius 2 is 1.57 bits per heavy atom. The van der Waals surface area contributed by atoms with Crippen molar-refractivity contribution in [2.24, 2.45) is 22.7 Å². The van der Waals surface area contributed by atoms with Crippen molar-refractivity contribution < 1.29 is 19.1 Å². The summed E-state index contributed by atoms with van der Waals surface area (Å²) in [5.74, 6) is 0.213. The molecule has 2 aromatic rings. The van der Waals surface area contributed by atoms with Gasteiger partial charge in [0.05, 0.1) is 24.8 Å². The van der Waals surface area contributed by atoms with Crippen LogP contribution in [-0.2, 0) is 9.59 Å². The highest BCUT2D eigenvalue weighted by atomic mass is 16.5. The number of ether oxygens (including phenoxy) is 1. The summed E-state index contributed by atoms with van der Waals surface area (Å²) >= 11 is 0. The summed E-state index contributed by atoms with van der Waals surface area (Å²) in [6.07, 6.45) is 14.0. The van der Waals surface area contributed by atoms with Crippen molar-refractivity contribution in [2.45, 2.75) is 76.3 Å². The number of hydrogen-bond donors (Lipinski definition) is 1. The van der Waals surface area contributed by atoms with Gasteiger partial charge in [-0.3, -0.25) is 14.4 Å². The summed E-state index contributed by atoms with van der Waals surface area (Å²) in [6, 6.07) is 13.2. The Bertz CT molecular complexity index is 1410. The molecule has 8 nitrogen and oxygen atoms in total. The van der Waals surface area contributed by atoms with Gasteiger partial charge in [-0.1, -0.05) is 50.0 Å². The predicted molar refractivity (Wildman–Crippen MR) is 162 cm³/mol. The highest BCUT2D eigenvalue weighted by molar-refractivity contribution is 6.08. The van der Waals surface area contributed by atoms with Crippen LogP contribution in [0.25, 0.3) is 11.1 Å². The Morgan fingerprint density at radius 3 is 2.26 bits per heavy atom. The summed E-state index contributed by atoms with van der Waals surface area (Å²) < 4.78 is 5.75. The fraction of sp³-hybridized carbons (Fsp3) is 0.471. The van der Waals surface area contributed by atoms with E-state index in [1.165, 1.54) is 12.8 Å². The summed E-state index contributed by atoms with van der Waals surface area (Å²) in [7, 11) is 1.65.